The van der Waals surface area contributed by atoms with Crippen LogP contribution in [0.2, 0.25) is 0 Å². The molecule has 0 saturated heterocycles. The van der Waals surface area contributed by atoms with Crippen LogP contribution in [0.1, 0.15) is 45.2 Å². The molecule has 3 N–H and O–H groups in total. The number of hydrogen-bond acceptors (Lipinski definition) is 2. The van der Waals surface area contributed by atoms with Crippen molar-refractivity contribution in [2.75, 3.05) is 6.54 Å². The second-order valence-electron chi connectivity index (χ2n) is 6.73. The molecule has 1 aliphatic carbocycles. The lowest BCUT2D eigenvalue weighted by molar-refractivity contribution is 0.415. The molecule has 1 fully saturated rings. The standard InChI is InChI=1S/C16H22BrN3O/c1-4-5-18-14(10-8-16(10,2)3)9-6-12-13(7-11(9)17)20-15(21)19-12/h6-7,10,14,18H,4-5,8H2,1-3H3,(H2,19,20,21). The van der Waals surface area contributed by atoms with Crippen molar-refractivity contribution >= 4 is 27.0 Å². The summed E-state index contributed by atoms with van der Waals surface area (Å²) in [6.07, 6.45) is 2.35. The molecule has 5 heteroatoms. The summed E-state index contributed by atoms with van der Waals surface area (Å²) in [5.41, 5.74) is 3.20. The molecule has 0 radical (unpaired) electrons. The highest BCUT2D eigenvalue weighted by Gasteiger charge is 2.50. The van der Waals surface area contributed by atoms with Gasteiger partial charge >= 0.3 is 5.69 Å². The summed E-state index contributed by atoms with van der Waals surface area (Å²) in [7, 11) is 0. The summed E-state index contributed by atoms with van der Waals surface area (Å²) in [4.78, 5) is 17.1. The SMILES string of the molecule is CCCNC(c1cc2[nH]c(=O)[nH]c2cc1Br)C1CC1(C)C. The third-order valence-corrected chi connectivity index (χ3v) is 5.26. The minimum absolute atomic E-state index is 0.154. The van der Waals surface area contributed by atoms with E-state index in [1.54, 1.807) is 0 Å². The Kier molecular flexibility index (Phi) is 3.74. The molecule has 1 heterocycles. The first-order valence-corrected chi connectivity index (χ1v) is 8.36. The van der Waals surface area contributed by atoms with Crippen molar-refractivity contribution in [1.29, 1.82) is 0 Å². The maximum absolute atomic E-state index is 11.5. The minimum atomic E-state index is -0.154. The van der Waals surface area contributed by atoms with Crippen LogP contribution >= 0.6 is 15.9 Å². The molecule has 0 aliphatic heterocycles. The van der Waals surface area contributed by atoms with Crippen LogP contribution in [0.25, 0.3) is 11.0 Å². The topological polar surface area (TPSA) is 60.7 Å². The summed E-state index contributed by atoms with van der Waals surface area (Å²) in [5, 5.41) is 3.68. The van der Waals surface area contributed by atoms with Crippen molar-refractivity contribution in [2.24, 2.45) is 11.3 Å². The number of halogens is 1. The number of benzene rings is 1. The van der Waals surface area contributed by atoms with Crippen LogP contribution in [0.4, 0.5) is 0 Å². The van der Waals surface area contributed by atoms with Gasteiger partial charge in [-0.25, -0.2) is 4.79 Å². The fourth-order valence-electron chi connectivity index (χ4n) is 3.16. The van der Waals surface area contributed by atoms with Gasteiger partial charge in [-0.2, -0.15) is 0 Å². The fraction of sp³-hybridized carbons (Fsp3) is 0.562. The summed E-state index contributed by atoms with van der Waals surface area (Å²) in [6.45, 7) is 7.83. The number of aromatic nitrogens is 2. The van der Waals surface area contributed by atoms with Gasteiger partial charge in [0, 0.05) is 10.5 Å². The maximum Gasteiger partial charge on any atom is 0.323 e. The van der Waals surface area contributed by atoms with Gasteiger partial charge in [0.25, 0.3) is 0 Å². The monoisotopic (exact) mass is 351 g/mol. The zero-order chi connectivity index (χ0) is 15.2. The van der Waals surface area contributed by atoms with Gasteiger partial charge in [0.2, 0.25) is 0 Å². The molecule has 0 bridgehead atoms. The lowest BCUT2D eigenvalue weighted by Gasteiger charge is -2.22. The van der Waals surface area contributed by atoms with E-state index in [1.165, 1.54) is 12.0 Å². The molecule has 1 aromatic heterocycles. The van der Waals surface area contributed by atoms with Gasteiger partial charge in [0.15, 0.2) is 0 Å². The van der Waals surface area contributed by atoms with E-state index in [9.17, 15) is 4.79 Å². The van der Waals surface area contributed by atoms with Crippen molar-refractivity contribution < 1.29 is 0 Å². The van der Waals surface area contributed by atoms with E-state index in [0.717, 1.165) is 28.5 Å². The van der Waals surface area contributed by atoms with Crippen molar-refractivity contribution in [3.05, 3.63) is 32.7 Å². The van der Waals surface area contributed by atoms with Gasteiger partial charge in [-0.15, -0.1) is 0 Å². The van der Waals surface area contributed by atoms with E-state index < -0.39 is 0 Å². The van der Waals surface area contributed by atoms with Crippen LogP contribution in [-0.4, -0.2) is 16.5 Å². The zero-order valence-electron chi connectivity index (χ0n) is 12.7. The quantitative estimate of drug-likeness (QED) is 0.768. The van der Waals surface area contributed by atoms with E-state index in [2.05, 4.69) is 58.1 Å². The first-order valence-electron chi connectivity index (χ1n) is 7.57. The van der Waals surface area contributed by atoms with E-state index >= 15 is 0 Å². The number of fused-ring (bicyclic) bond motifs is 1. The van der Waals surface area contributed by atoms with Crippen LogP contribution in [-0.2, 0) is 0 Å². The molecule has 2 unspecified atom stereocenters. The van der Waals surface area contributed by atoms with E-state index in [-0.39, 0.29) is 5.69 Å². The maximum atomic E-state index is 11.5. The highest BCUT2D eigenvalue weighted by molar-refractivity contribution is 9.10. The second-order valence-corrected chi connectivity index (χ2v) is 7.58. The molecule has 2 atom stereocenters. The van der Waals surface area contributed by atoms with Gasteiger partial charge in [-0.05, 0) is 48.4 Å². The number of nitrogens with one attached hydrogen (secondary N) is 3. The normalized spacial score (nSPS) is 21.6. The molecule has 2 aromatic rings. The van der Waals surface area contributed by atoms with Crippen molar-refractivity contribution in [1.82, 2.24) is 15.3 Å². The van der Waals surface area contributed by atoms with E-state index in [1.807, 2.05) is 6.07 Å². The molecular weight excluding hydrogens is 330 g/mol. The van der Waals surface area contributed by atoms with Crippen molar-refractivity contribution in [3.8, 4) is 0 Å². The smallest absolute Gasteiger partial charge is 0.310 e. The predicted octanol–water partition coefficient (Wildman–Crippen LogP) is 3.71. The first-order chi connectivity index (χ1) is 9.92. The molecular formula is C16H22BrN3O. The Morgan fingerprint density at radius 1 is 1.38 bits per heavy atom. The highest BCUT2D eigenvalue weighted by atomic mass is 79.9. The molecule has 3 rings (SSSR count). The Hall–Kier alpha value is -1.07. The molecule has 1 saturated carbocycles. The van der Waals surface area contributed by atoms with Gasteiger partial charge < -0.3 is 15.3 Å². The van der Waals surface area contributed by atoms with Crippen molar-refractivity contribution in [3.63, 3.8) is 0 Å². The highest BCUT2D eigenvalue weighted by Crippen LogP contribution is 2.58. The molecule has 4 nitrogen and oxygen atoms in total. The Labute approximate surface area is 132 Å². The number of aromatic amines is 2. The lowest BCUT2D eigenvalue weighted by atomic mass is 9.96. The van der Waals surface area contributed by atoms with Gasteiger partial charge in [0.1, 0.15) is 0 Å². The lowest BCUT2D eigenvalue weighted by Crippen LogP contribution is -2.25. The number of hydrogen-bond donors (Lipinski definition) is 3. The van der Waals surface area contributed by atoms with Crippen LogP contribution < -0.4 is 11.0 Å². The van der Waals surface area contributed by atoms with Crippen LogP contribution in [0.5, 0.6) is 0 Å². The van der Waals surface area contributed by atoms with E-state index in [0.29, 0.717) is 17.4 Å². The Balaban J connectivity index is 2.01. The number of rotatable bonds is 5. The third-order valence-electron chi connectivity index (χ3n) is 4.57. The van der Waals surface area contributed by atoms with Crippen LogP contribution in [0.15, 0.2) is 21.4 Å². The first kappa shape index (κ1) is 14.9. The summed E-state index contributed by atoms with van der Waals surface area (Å²) in [6, 6.07) is 4.43. The summed E-state index contributed by atoms with van der Waals surface area (Å²) < 4.78 is 1.06. The van der Waals surface area contributed by atoms with Crippen LogP contribution in [0.3, 0.4) is 0 Å². The fourth-order valence-corrected chi connectivity index (χ4v) is 3.75. The minimum Gasteiger partial charge on any atom is -0.310 e. The van der Waals surface area contributed by atoms with E-state index in [4.69, 9.17) is 0 Å². The molecule has 1 aliphatic rings. The molecule has 21 heavy (non-hydrogen) atoms. The molecule has 0 amide bonds. The second kappa shape index (κ2) is 5.29. The average Bonchev–Trinajstić information content (AvgIpc) is 2.87. The van der Waals surface area contributed by atoms with Gasteiger partial charge in [-0.3, -0.25) is 0 Å². The summed E-state index contributed by atoms with van der Waals surface area (Å²) >= 11 is 3.68. The number of imidazole rings is 1. The number of H-pyrrole nitrogens is 2. The zero-order valence-corrected chi connectivity index (χ0v) is 14.3. The van der Waals surface area contributed by atoms with Gasteiger partial charge in [0.05, 0.1) is 11.0 Å². The largest absolute Gasteiger partial charge is 0.323 e. The predicted molar refractivity (Wildman–Crippen MR) is 89.5 cm³/mol. The van der Waals surface area contributed by atoms with Crippen molar-refractivity contribution in [2.45, 2.75) is 39.7 Å². The Bertz CT molecular complexity index is 716. The summed E-state index contributed by atoms with van der Waals surface area (Å²) in [5.74, 6) is 0.642. The molecule has 1 aromatic carbocycles. The van der Waals surface area contributed by atoms with Gasteiger partial charge in [-0.1, -0.05) is 36.7 Å². The average molecular weight is 352 g/mol. The molecule has 0 spiro atoms. The Morgan fingerprint density at radius 3 is 2.57 bits per heavy atom. The molecule has 114 valence electrons. The third kappa shape index (κ3) is 2.81. The van der Waals surface area contributed by atoms with Crippen LogP contribution in [0, 0.1) is 11.3 Å². The Morgan fingerprint density at radius 2 is 2.00 bits per heavy atom.